The summed E-state index contributed by atoms with van der Waals surface area (Å²) in [7, 11) is -10.4. The summed E-state index contributed by atoms with van der Waals surface area (Å²) in [5.74, 6) is -1.79. The highest BCUT2D eigenvalue weighted by Gasteiger charge is 2.53. The maximum atomic E-state index is 11.2. The summed E-state index contributed by atoms with van der Waals surface area (Å²) in [6.45, 7) is -1.17. The van der Waals surface area contributed by atoms with Crippen LogP contribution in [0.2, 0.25) is 0 Å². The van der Waals surface area contributed by atoms with Crippen LogP contribution in [0.3, 0.4) is 0 Å². The van der Waals surface area contributed by atoms with E-state index < -0.39 is 94.7 Å². The lowest BCUT2D eigenvalue weighted by molar-refractivity contribution is -0.336. The van der Waals surface area contributed by atoms with E-state index in [1.54, 1.807) is 0 Å². The lowest BCUT2D eigenvalue weighted by Gasteiger charge is -2.45. The number of aliphatic hydroxyl groups is 4. The number of hydrogen-bond donors (Lipinski definition) is 8. The van der Waals surface area contributed by atoms with Gasteiger partial charge in [0.05, 0.1) is 12.6 Å². The van der Waals surface area contributed by atoms with Gasteiger partial charge in [-0.2, -0.15) is 16.8 Å². The van der Waals surface area contributed by atoms with Crippen molar-refractivity contribution in [1.82, 2.24) is 0 Å². The van der Waals surface area contributed by atoms with Crippen molar-refractivity contribution in [3.63, 3.8) is 0 Å². The molecule has 32 heavy (non-hydrogen) atoms. The lowest BCUT2D eigenvalue weighted by Crippen LogP contribution is -2.67. The number of carboxylic acids is 1. The average molecular weight is 515 g/mol. The maximum Gasteiger partial charge on any atom is 0.397 e. The van der Waals surface area contributed by atoms with E-state index in [0.717, 1.165) is 0 Å². The molecule has 2 aliphatic heterocycles. The van der Waals surface area contributed by atoms with Crippen LogP contribution in [0, 0.1) is 0 Å². The van der Waals surface area contributed by atoms with Crippen molar-refractivity contribution < 1.29 is 78.8 Å². The number of carboxylic acid groups (broad SMARTS) is 1. The molecule has 10 atom stereocenters. The Morgan fingerprint density at radius 1 is 0.906 bits per heavy atom. The van der Waals surface area contributed by atoms with Crippen LogP contribution in [-0.4, -0.2) is 125 Å². The second-order valence-electron chi connectivity index (χ2n) is 6.68. The van der Waals surface area contributed by atoms with Crippen LogP contribution in [0.4, 0.5) is 0 Å². The van der Waals surface area contributed by atoms with Crippen molar-refractivity contribution >= 4 is 26.8 Å². The molecule has 0 aliphatic carbocycles. The highest BCUT2D eigenvalue weighted by Crippen LogP contribution is 2.30. The Bertz CT molecular complexity index is 878. The van der Waals surface area contributed by atoms with Crippen molar-refractivity contribution in [2.45, 2.75) is 61.3 Å². The van der Waals surface area contributed by atoms with E-state index in [-0.39, 0.29) is 0 Å². The Balaban J connectivity index is 2.38. The number of rotatable bonds is 8. The third-order valence-electron chi connectivity index (χ3n) is 4.43. The zero-order valence-electron chi connectivity index (χ0n) is 15.6. The standard InChI is InChI=1S/C12H21NO17S2/c13-3-8(30-32(23,24)25)7(2(27-11(3)19)1-26-31(20,21)22)28-12-6(16)4(14)5(15)9(29-12)10(17)18/h2-9,11-12,14-16,19H,1,13H2,(H,17,18)(H,20,21,22)(H,23,24,25)/t2-,3-,4+,5+,6-,7-,8-,9+,11+,12-/m1/s1. The molecule has 0 aromatic rings. The van der Waals surface area contributed by atoms with Crippen LogP contribution < -0.4 is 5.73 Å². The average Bonchev–Trinajstić information content (AvgIpc) is 2.64. The van der Waals surface area contributed by atoms with Gasteiger partial charge in [-0.15, -0.1) is 0 Å². The largest absolute Gasteiger partial charge is 0.479 e. The molecule has 9 N–H and O–H groups in total. The molecule has 0 spiro atoms. The third-order valence-corrected chi connectivity index (χ3v) is 5.33. The van der Waals surface area contributed by atoms with Gasteiger partial charge in [0.15, 0.2) is 18.7 Å². The molecule has 0 unspecified atom stereocenters. The zero-order valence-corrected chi connectivity index (χ0v) is 17.2. The predicted molar refractivity (Wildman–Crippen MR) is 92.0 cm³/mol. The van der Waals surface area contributed by atoms with E-state index in [1.807, 2.05) is 0 Å². The van der Waals surface area contributed by atoms with Crippen molar-refractivity contribution in [2.75, 3.05) is 6.61 Å². The van der Waals surface area contributed by atoms with E-state index in [2.05, 4.69) is 8.37 Å². The van der Waals surface area contributed by atoms with Gasteiger partial charge in [-0.25, -0.2) is 13.2 Å². The summed E-state index contributed by atoms with van der Waals surface area (Å²) < 4.78 is 85.4. The number of aliphatic hydroxyl groups excluding tert-OH is 4. The minimum absolute atomic E-state index is 1.17. The SMILES string of the molecule is N[C@@H]1[C@@H](OS(=O)(=O)O)[C@H](O[C@@H]2O[C@H](C(=O)O)[C@@H](O)[C@H](O)[C@H]2O)[C@@H](COS(=O)(=O)O)O[C@@H]1O. The maximum absolute atomic E-state index is 11.2. The van der Waals surface area contributed by atoms with Gasteiger partial charge in [0.1, 0.15) is 36.6 Å². The first-order chi connectivity index (χ1) is 14.5. The summed E-state index contributed by atoms with van der Waals surface area (Å²) in [5.41, 5.74) is 5.58. The summed E-state index contributed by atoms with van der Waals surface area (Å²) in [5, 5.41) is 48.6. The molecule has 0 saturated carbocycles. The van der Waals surface area contributed by atoms with E-state index in [4.69, 9.17) is 34.2 Å². The van der Waals surface area contributed by atoms with Crippen LogP contribution in [0.25, 0.3) is 0 Å². The first-order valence-electron chi connectivity index (χ1n) is 8.46. The highest BCUT2D eigenvalue weighted by atomic mass is 32.3. The Kier molecular flexibility index (Phi) is 8.50. The van der Waals surface area contributed by atoms with Crippen LogP contribution in [-0.2, 0) is 48.2 Å². The van der Waals surface area contributed by atoms with Gasteiger partial charge in [0.25, 0.3) is 0 Å². The Hall–Kier alpha value is -1.11. The normalized spacial score (nSPS) is 41.3. The van der Waals surface area contributed by atoms with E-state index >= 15 is 0 Å². The molecule has 0 bridgehead atoms. The topological polar surface area (TPSA) is 299 Å². The van der Waals surface area contributed by atoms with Crippen molar-refractivity contribution in [3.8, 4) is 0 Å². The summed E-state index contributed by atoms with van der Waals surface area (Å²) >= 11 is 0. The monoisotopic (exact) mass is 515 g/mol. The molecule has 2 rings (SSSR count). The van der Waals surface area contributed by atoms with Gasteiger partial charge in [0.2, 0.25) is 0 Å². The second-order valence-corrected chi connectivity index (χ2v) is 8.82. The molecule has 18 nitrogen and oxygen atoms in total. The Labute approximate surface area is 179 Å². The van der Waals surface area contributed by atoms with Crippen LogP contribution in [0.1, 0.15) is 0 Å². The van der Waals surface area contributed by atoms with Crippen molar-refractivity contribution in [3.05, 3.63) is 0 Å². The molecule has 188 valence electrons. The molecule has 0 aromatic heterocycles. The Morgan fingerprint density at radius 2 is 1.50 bits per heavy atom. The third kappa shape index (κ3) is 6.71. The minimum atomic E-state index is -5.30. The molecule has 2 fully saturated rings. The number of ether oxygens (including phenoxy) is 3. The second kappa shape index (κ2) is 10.0. The molecular weight excluding hydrogens is 494 g/mol. The van der Waals surface area contributed by atoms with Gasteiger partial charge in [0, 0.05) is 0 Å². The smallest absolute Gasteiger partial charge is 0.397 e. The van der Waals surface area contributed by atoms with Crippen LogP contribution >= 0.6 is 0 Å². The van der Waals surface area contributed by atoms with Gasteiger partial charge < -0.3 is 45.5 Å². The van der Waals surface area contributed by atoms with Gasteiger partial charge >= 0.3 is 26.8 Å². The molecule has 2 heterocycles. The fourth-order valence-electron chi connectivity index (χ4n) is 2.97. The summed E-state index contributed by atoms with van der Waals surface area (Å²) in [6.07, 6.45) is -18.7. The first kappa shape index (κ1) is 27.1. The van der Waals surface area contributed by atoms with Gasteiger partial charge in [-0.1, -0.05) is 0 Å². The molecule has 0 aromatic carbocycles. The fraction of sp³-hybridized carbons (Fsp3) is 0.917. The Morgan fingerprint density at radius 3 is 2.00 bits per heavy atom. The van der Waals surface area contributed by atoms with Crippen LogP contribution in [0.5, 0.6) is 0 Å². The van der Waals surface area contributed by atoms with E-state index in [1.165, 1.54) is 0 Å². The molecule has 0 radical (unpaired) electrons. The number of aliphatic carboxylic acids is 1. The molecule has 0 amide bonds. The van der Waals surface area contributed by atoms with Gasteiger partial charge in [-0.3, -0.25) is 9.11 Å². The van der Waals surface area contributed by atoms with Crippen molar-refractivity contribution in [1.29, 1.82) is 0 Å². The zero-order chi connectivity index (χ0) is 24.6. The van der Waals surface area contributed by atoms with Crippen molar-refractivity contribution in [2.24, 2.45) is 5.73 Å². The number of nitrogens with two attached hydrogens (primary N) is 1. The molecule has 2 saturated heterocycles. The van der Waals surface area contributed by atoms with E-state index in [0.29, 0.717) is 0 Å². The van der Waals surface area contributed by atoms with Crippen LogP contribution in [0.15, 0.2) is 0 Å². The summed E-state index contributed by atoms with van der Waals surface area (Å²) in [6, 6.07) is -1.81. The number of carbonyl (C=O) groups is 1. The predicted octanol–water partition coefficient (Wildman–Crippen LogP) is -5.68. The fourth-order valence-corrected chi connectivity index (χ4v) is 3.80. The summed E-state index contributed by atoms with van der Waals surface area (Å²) in [4.78, 5) is 11.2. The molecular formula is C12H21NO17S2. The molecule has 2 aliphatic rings. The quantitative estimate of drug-likeness (QED) is 0.140. The first-order valence-corrected chi connectivity index (χ1v) is 11.2. The minimum Gasteiger partial charge on any atom is -0.479 e. The highest BCUT2D eigenvalue weighted by molar-refractivity contribution is 7.81. The molecule has 20 heteroatoms. The number of hydrogen-bond acceptors (Lipinski definition) is 15. The van der Waals surface area contributed by atoms with E-state index in [9.17, 15) is 42.1 Å². The van der Waals surface area contributed by atoms with Gasteiger partial charge in [-0.05, 0) is 0 Å². The lowest BCUT2D eigenvalue weighted by atomic mass is 9.96.